The molecule has 19 heavy (non-hydrogen) atoms. The molecule has 4 nitrogen and oxygen atoms in total. The lowest BCUT2D eigenvalue weighted by Crippen LogP contribution is -2.44. The Hall–Kier alpha value is -1.70. The summed E-state index contributed by atoms with van der Waals surface area (Å²) in [6.45, 7) is -2.74. The van der Waals surface area contributed by atoms with Crippen LogP contribution in [0.5, 0.6) is 0 Å². The van der Waals surface area contributed by atoms with Crippen LogP contribution in [-0.4, -0.2) is 44.2 Å². The molecule has 1 aromatic rings. The Balaban J connectivity index is 2.41. The fourth-order valence-electron chi connectivity index (χ4n) is 2.05. The van der Waals surface area contributed by atoms with Gasteiger partial charge in [-0.2, -0.15) is 0 Å². The number of anilines is 1. The average molecular weight is 273 g/mol. The van der Waals surface area contributed by atoms with Crippen LogP contribution >= 0.6 is 0 Å². The number of nitrogens with zero attached hydrogens (tertiary/aromatic N) is 1. The normalized spacial score (nSPS) is 16.5. The summed E-state index contributed by atoms with van der Waals surface area (Å²) < 4.78 is 38.5. The molecule has 0 aromatic heterocycles. The third-order valence-corrected chi connectivity index (χ3v) is 3.05. The molecule has 0 unspecified atom stereocenters. The fraction of sp³-hybridized carbons (Fsp3) is 0.364. The van der Waals surface area contributed by atoms with Crippen LogP contribution in [-0.2, 0) is 0 Å². The molecule has 104 valence electrons. The maximum atomic E-state index is 12.8. The van der Waals surface area contributed by atoms with Crippen LogP contribution in [0.25, 0.3) is 0 Å². The van der Waals surface area contributed by atoms with E-state index in [-0.39, 0.29) is 5.56 Å². The maximum Gasteiger partial charge on any atom is 0.509 e. The number of hydrogen-bond donors (Lipinski definition) is 2. The van der Waals surface area contributed by atoms with Gasteiger partial charge in [0.2, 0.25) is 0 Å². The lowest BCUT2D eigenvalue weighted by molar-refractivity contribution is 0.0697. The van der Waals surface area contributed by atoms with Crippen LogP contribution in [0.4, 0.5) is 18.6 Å². The van der Waals surface area contributed by atoms with Crippen molar-refractivity contribution in [1.82, 2.24) is 5.32 Å². The Bertz CT molecular complexity index is 487. The minimum atomic E-state index is -5.21. The number of rotatable bonds is 3. The summed E-state index contributed by atoms with van der Waals surface area (Å²) in [4.78, 5) is 12.7. The van der Waals surface area contributed by atoms with Gasteiger partial charge in [-0.25, -0.2) is 4.79 Å². The van der Waals surface area contributed by atoms with E-state index in [1.807, 2.05) is 0 Å². The van der Waals surface area contributed by atoms with Crippen molar-refractivity contribution in [1.29, 1.82) is 0 Å². The van der Waals surface area contributed by atoms with Crippen LogP contribution in [0.15, 0.2) is 18.2 Å². The highest BCUT2D eigenvalue weighted by atomic mass is 19.4. The van der Waals surface area contributed by atoms with Gasteiger partial charge in [-0.15, -0.1) is 5.46 Å². The molecule has 0 bridgehead atoms. The van der Waals surface area contributed by atoms with Gasteiger partial charge < -0.3 is 28.3 Å². The first-order chi connectivity index (χ1) is 8.88. The minimum Gasteiger partial charge on any atom is -0.478 e. The summed E-state index contributed by atoms with van der Waals surface area (Å²) in [7, 11) is 0. The average Bonchev–Trinajstić information content (AvgIpc) is 2.38. The van der Waals surface area contributed by atoms with E-state index < -0.39 is 18.4 Å². The van der Waals surface area contributed by atoms with Gasteiger partial charge >= 0.3 is 12.9 Å². The van der Waals surface area contributed by atoms with Crippen molar-refractivity contribution in [2.75, 3.05) is 31.1 Å². The maximum absolute atomic E-state index is 12.8. The number of piperazine rings is 1. The number of carboxylic acid groups (broad SMARTS) is 1. The van der Waals surface area contributed by atoms with E-state index in [9.17, 15) is 17.7 Å². The van der Waals surface area contributed by atoms with Gasteiger partial charge in [0, 0.05) is 31.9 Å². The fourth-order valence-corrected chi connectivity index (χ4v) is 2.05. The second kappa shape index (κ2) is 5.12. The largest absolute Gasteiger partial charge is 0.509 e. The summed E-state index contributed by atoms with van der Waals surface area (Å²) in [6.07, 6.45) is 0. The zero-order valence-electron chi connectivity index (χ0n) is 10.1. The molecular weight excluding hydrogens is 260 g/mol. The third-order valence-electron chi connectivity index (χ3n) is 3.05. The van der Waals surface area contributed by atoms with Crippen LogP contribution in [0.2, 0.25) is 0 Å². The molecule has 1 aliphatic heterocycles. The van der Waals surface area contributed by atoms with E-state index in [0.717, 1.165) is 6.07 Å². The molecule has 1 heterocycles. The molecule has 1 fully saturated rings. The Morgan fingerprint density at radius 1 is 1.21 bits per heavy atom. The van der Waals surface area contributed by atoms with Crippen LogP contribution in [0.1, 0.15) is 10.4 Å². The van der Waals surface area contributed by atoms with Gasteiger partial charge in [0.1, 0.15) is 0 Å². The topological polar surface area (TPSA) is 52.6 Å². The monoisotopic (exact) mass is 273 g/mol. The third kappa shape index (κ3) is 3.20. The Kier molecular flexibility index (Phi) is 3.70. The van der Waals surface area contributed by atoms with E-state index >= 15 is 0 Å². The first kappa shape index (κ1) is 13.7. The van der Waals surface area contributed by atoms with E-state index in [1.54, 1.807) is 4.90 Å². The van der Waals surface area contributed by atoms with Crippen LogP contribution in [0, 0.1) is 0 Å². The smallest absolute Gasteiger partial charge is 0.478 e. The number of hydrogen-bond acceptors (Lipinski definition) is 3. The van der Waals surface area contributed by atoms with Gasteiger partial charge in [-0.3, -0.25) is 0 Å². The van der Waals surface area contributed by atoms with Crippen molar-refractivity contribution in [3.8, 4) is 0 Å². The van der Waals surface area contributed by atoms with Crippen molar-refractivity contribution in [2.45, 2.75) is 0 Å². The number of carboxylic acids is 1. The molecule has 0 aliphatic carbocycles. The van der Waals surface area contributed by atoms with Gasteiger partial charge in [0.15, 0.2) is 0 Å². The van der Waals surface area contributed by atoms with Crippen LogP contribution in [0.3, 0.4) is 0 Å². The molecule has 2 rings (SSSR count). The quantitative estimate of drug-likeness (QED) is 0.802. The standard InChI is InChI=1S/C11H13BF3N2O2/c13-12(14,15)9-5-8(11(18)19)6-10(7-9)17-3-1-16-2-4-17/h5-7,16H,1-4H2,(H,18,19)/q-1. The molecule has 0 atom stereocenters. The summed E-state index contributed by atoms with van der Waals surface area (Å²) in [5.41, 5.74) is -0.880. The van der Waals surface area contributed by atoms with Crippen molar-refractivity contribution in [3.63, 3.8) is 0 Å². The number of halogens is 3. The first-order valence-electron chi connectivity index (χ1n) is 5.92. The molecule has 0 saturated carbocycles. The molecular formula is C11H13BF3N2O2-. The van der Waals surface area contributed by atoms with E-state index in [2.05, 4.69) is 5.32 Å². The molecule has 0 amide bonds. The highest BCUT2D eigenvalue weighted by Gasteiger charge is 2.28. The summed E-state index contributed by atoms with van der Waals surface area (Å²) in [6, 6.07) is 3.00. The van der Waals surface area contributed by atoms with Gasteiger partial charge in [-0.1, -0.05) is 12.1 Å². The molecule has 0 spiro atoms. The zero-order chi connectivity index (χ0) is 14.0. The summed E-state index contributed by atoms with van der Waals surface area (Å²) in [5.74, 6) is -1.35. The molecule has 1 aromatic carbocycles. The minimum absolute atomic E-state index is 0.315. The highest BCUT2D eigenvalue weighted by molar-refractivity contribution is 6.73. The SMILES string of the molecule is O=C(O)c1cc(N2CCNCC2)cc([B-](F)(F)F)c1. The lowest BCUT2D eigenvalue weighted by atomic mass is 9.79. The predicted octanol–water partition coefficient (Wildman–Crippen LogP) is 0.849. The van der Waals surface area contributed by atoms with Crippen molar-refractivity contribution >= 4 is 24.1 Å². The zero-order valence-corrected chi connectivity index (χ0v) is 10.1. The van der Waals surface area contributed by atoms with Gasteiger partial charge in [0.05, 0.1) is 5.56 Å². The molecule has 1 aliphatic rings. The number of nitrogens with one attached hydrogen (secondary N) is 1. The molecule has 0 radical (unpaired) electrons. The number of carbonyl (C=O) groups is 1. The second-order valence-corrected chi connectivity index (χ2v) is 4.43. The number of benzene rings is 1. The van der Waals surface area contributed by atoms with E-state index in [0.29, 0.717) is 37.9 Å². The molecule has 8 heteroatoms. The van der Waals surface area contributed by atoms with Crippen molar-refractivity contribution < 1.29 is 22.8 Å². The Morgan fingerprint density at radius 2 is 1.84 bits per heavy atom. The summed E-state index contributed by atoms with van der Waals surface area (Å²) >= 11 is 0. The van der Waals surface area contributed by atoms with Crippen molar-refractivity contribution in [3.05, 3.63) is 23.8 Å². The molecule has 1 saturated heterocycles. The first-order valence-corrected chi connectivity index (χ1v) is 5.92. The number of aromatic carboxylic acids is 1. The Morgan fingerprint density at radius 3 is 2.37 bits per heavy atom. The summed E-state index contributed by atoms with van der Waals surface area (Å²) in [5, 5.41) is 12.0. The van der Waals surface area contributed by atoms with Gasteiger partial charge in [-0.05, 0) is 6.07 Å². The van der Waals surface area contributed by atoms with Crippen molar-refractivity contribution in [2.24, 2.45) is 0 Å². The highest BCUT2D eigenvalue weighted by Crippen LogP contribution is 2.19. The molecule has 2 N–H and O–H groups in total. The second-order valence-electron chi connectivity index (χ2n) is 4.43. The van der Waals surface area contributed by atoms with E-state index in [4.69, 9.17) is 5.11 Å². The lowest BCUT2D eigenvalue weighted by Gasteiger charge is -2.31. The van der Waals surface area contributed by atoms with E-state index in [1.165, 1.54) is 6.07 Å². The van der Waals surface area contributed by atoms with Gasteiger partial charge in [0.25, 0.3) is 0 Å². The van der Waals surface area contributed by atoms with Crippen LogP contribution < -0.4 is 15.7 Å². The predicted molar refractivity (Wildman–Crippen MR) is 67.2 cm³/mol. The Labute approximate surface area is 108 Å².